The van der Waals surface area contributed by atoms with Crippen LogP contribution in [0.5, 0.6) is 0 Å². The van der Waals surface area contributed by atoms with Crippen LogP contribution in [-0.2, 0) is 4.74 Å². The van der Waals surface area contributed by atoms with Gasteiger partial charge >= 0.3 is 0 Å². The van der Waals surface area contributed by atoms with Crippen molar-refractivity contribution in [2.75, 3.05) is 18.0 Å². The van der Waals surface area contributed by atoms with Crippen LogP contribution in [0.25, 0.3) is 10.7 Å². The fourth-order valence-electron chi connectivity index (χ4n) is 2.66. The van der Waals surface area contributed by atoms with Gasteiger partial charge in [0.05, 0.1) is 29.8 Å². The number of pyridine rings is 1. The van der Waals surface area contributed by atoms with Crippen molar-refractivity contribution < 1.29 is 9.53 Å². The van der Waals surface area contributed by atoms with Crippen LogP contribution in [0.2, 0.25) is 0 Å². The minimum atomic E-state index is 0.145. The molecule has 0 aromatic carbocycles. The summed E-state index contributed by atoms with van der Waals surface area (Å²) >= 11 is 1.51. The van der Waals surface area contributed by atoms with E-state index in [0.29, 0.717) is 5.56 Å². The molecule has 2 aromatic heterocycles. The van der Waals surface area contributed by atoms with Crippen LogP contribution in [0.1, 0.15) is 24.2 Å². The summed E-state index contributed by atoms with van der Waals surface area (Å²) in [4.78, 5) is 22.3. The fourth-order valence-corrected chi connectivity index (χ4v) is 3.27. The molecular weight excluding hydrogens is 286 g/mol. The van der Waals surface area contributed by atoms with Crippen LogP contribution in [-0.4, -0.2) is 41.6 Å². The van der Waals surface area contributed by atoms with Gasteiger partial charge in [-0.3, -0.25) is 9.78 Å². The second kappa shape index (κ2) is 5.91. The van der Waals surface area contributed by atoms with E-state index >= 15 is 0 Å². The third kappa shape index (κ3) is 2.96. The van der Waals surface area contributed by atoms with Gasteiger partial charge in [-0.05, 0) is 19.9 Å². The molecule has 1 saturated heterocycles. The second-order valence-electron chi connectivity index (χ2n) is 5.25. The summed E-state index contributed by atoms with van der Waals surface area (Å²) in [5, 5.41) is 2.73. The third-order valence-corrected chi connectivity index (χ3v) is 4.25. The van der Waals surface area contributed by atoms with Crippen molar-refractivity contribution in [3.8, 4) is 10.7 Å². The molecule has 0 aliphatic carbocycles. The summed E-state index contributed by atoms with van der Waals surface area (Å²) in [5.41, 5.74) is 2.26. The first-order chi connectivity index (χ1) is 10.2. The SMILES string of the molecule is C[C@@H]1CN(c2cnc(-c3nccs3)cc2C=O)C[C@H](C)O1. The molecule has 1 aliphatic heterocycles. The Hall–Kier alpha value is -1.79. The number of rotatable bonds is 3. The molecule has 21 heavy (non-hydrogen) atoms. The Morgan fingerprint density at radius 3 is 2.71 bits per heavy atom. The predicted molar refractivity (Wildman–Crippen MR) is 83.0 cm³/mol. The van der Waals surface area contributed by atoms with E-state index in [4.69, 9.17) is 4.74 Å². The smallest absolute Gasteiger partial charge is 0.152 e. The zero-order valence-electron chi connectivity index (χ0n) is 12.0. The number of aromatic nitrogens is 2. The van der Waals surface area contributed by atoms with Gasteiger partial charge < -0.3 is 9.64 Å². The molecule has 0 saturated carbocycles. The van der Waals surface area contributed by atoms with Crippen LogP contribution in [0.15, 0.2) is 23.8 Å². The van der Waals surface area contributed by atoms with Gasteiger partial charge in [-0.15, -0.1) is 11.3 Å². The Kier molecular flexibility index (Phi) is 3.98. The normalized spacial score (nSPS) is 22.3. The van der Waals surface area contributed by atoms with E-state index in [2.05, 4.69) is 14.9 Å². The summed E-state index contributed by atoms with van der Waals surface area (Å²) in [6.45, 7) is 5.62. The summed E-state index contributed by atoms with van der Waals surface area (Å²) < 4.78 is 5.74. The van der Waals surface area contributed by atoms with Gasteiger partial charge in [0.2, 0.25) is 0 Å². The Morgan fingerprint density at radius 2 is 2.10 bits per heavy atom. The number of carbonyl (C=O) groups is 1. The number of thiazole rings is 1. The summed E-state index contributed by atoms with van der Waals surface area (Å²) in [6.07, 6.45) is 4.69. The average Bonchev–Trinajstić information content (AvgIpc) is 2.99. The lowest BCUT2D eigenvalue weighted by atomic mass is 10.1. The highest BCUT2D eigenvalue weighted by Crippen LogP contribution is 2.27. The molecule has 6 heteroatoms. The van der Waals surface area contributed by atoms with Crippen LogP contribution >= 0.6 is 11.3 Å². The summed E-state index contributed by atoms with van der Waals surface area (Å²) in [7, 11) is 0. The standard InChI is InChI=1S/C15H17N3O2S/c1-10-7-18(8-11(2)20-10)14-6-17-13(5-12(14)9-19)15-16-3-4-21-15/h3-6,9-11H,7-8H2,1-2H3/t10-,11+. The van der Waals surface area contributed by atoms with Gasteiger partial charge in [-0.2, -0.15) is 0 Å². The van der Waals surface area contributed by atoms with Crippen LogP contribution in [0.3, 0.4) is 0 Å². The molecule has 110 valence electrons. The number of ether oxygens (including phenoxy) is 1. The van der Waals surface area contributed by atoms with E-state index in [1.165, 1.54) is 11.3 Å². The first kappa shape index (κ1) is 14.2. The Labute approximate surface area is 127 Å². The topological polar surface area (TPSA) is 55.3 Å². The predicted octanol–water partition coefficient (Wildman–Crippen LogP) is 2.63. The van der Waals surface area contributed by atoms with Crippen molar-refractivity contribution in [1.29, 1.82) is 0 Å². The molecule has 0 N–H and O–H groups in total. The van der Waals surface area contributed by atoms with Crippen LogP contribution in [0, 0.1) is 0 Å². The fraction of sp³-hybridized carbons (Fsp3) is 0.400. The van der Waals surface area contributed by atoms with E-state index in [1.54, 1.807) is 12.4 Å². The highest BCUT2D eigenvalue weighted by Gasteiger charge is 2.24. The van der Waals surface area contributed by atoms with E-state index in [-0.39, 0.29) is 12.2 Å². The van der Waals surface area contributed by atoms with Crippen LogP contribution in [0.4, 0.5) is 5.69 Å². The maximum atomic E-state index is 11.5. The van der Waals surface area contributed by atoms with Gasteiger partial charge in [0.25, 0.3) is 0 Å². The molecule has 0 unspecified atom stereocenters. The molecule has 0 spiro atoms. The molecule has 0 radical (unpaired) electrons. The van der Waals surface area contributed by atoms with Crippen molar-refractivity contribution in [1.82, 2.24) is 9.97 Å². The molecule has 1 fully saturated rings. The van der Waals surface area contributed by atoms with Crippen molar-refractivity contribution >= 4 is 23.3 Å². The molecule has 0 amide bonds. The third-order valence-electron chi connectivity index (χ3n) is 3.45. The number of nitrogens with zero attached hydrogens (tertiary/aromatic N) is 3. The largest absolute Gasteiger partial charge is 0.372 e. The molecule has 0 bridgehead atoms. The molecule has 2 atom stereocenters. The maximum Gasteiger partial charge on any atom is 0.152 e. The first-order valence-corrected chi connectivity index (χ1v) is 7.81. The Balaban J connectivity index is 1.94. The zero-order valence-corrected chi connectivity index (χ0v) is 12.8. The van der Waals surface area contributed by atoms with Crippen molar-refractivity contribution in [2.24, 2.45) is 0 Å². The number of anilines is 1. The van der Waals surface area contributed by atoms with E-state index in [9.17, 15) is 4.79 Å². The minimum absolute atomic E-state index is 0.145. The lowest BCUT2D eigenvalue weighted by Gasteiger charge is -2.37. The molecule has 3 heterocycles. The average molecular weight is 303 g/mol. The minimum Gasteiger partial charge on any atom is -0.372 e. The lowest BCUT2D eigenvalue weighted by molar-refractivity contribution is -0.00527. The summed E-state index contributed by atoms with van der Waals surface area (Å²) in [5.74, 6) is 0. The number of hydrogen-bond acceptors (Lipinski definition) is 6. The van der Waals surface area contributed by atoms with Gasteiger partial charge in [0.15, 0.2) is 6.29 Å². The first-order valence-electron chi connectivity index (χ1n) is 6.93. The monoisotopic (exact) mass is 303 g/mol. The second-order valence-corrected chi connectivity index (χ2v) is 6.14. The zero-order chi connectivity index (χ0) is 14.8. The number of carbonyl (C=O) groups excluding carboxylic acids is 1. The lowest BCUT2D eigenvalue weighted by Crippen LogP contribution is -2.45. The molecule has 2 aromatic rings. The molecule has 1 aliphatic rings. The van der Waals surface area contributed by atoms with Gasteiger partial charge in [-0.25, -0.2) is 4.98 Å². The van der Waals surface area contributed by atoms with Gasteiger partial charge in [-0.1, -0.05) is 0 Å². The molecular formula is C15H17N3O2S. The van der Waals surface area contributed by atoms with Gasteiger partial charge in [0, 0.05) is 30.2 Å². The van der Waals surface area contributed by atoms with Crippen molar-refractivity contribution in [2.45, 2.75) is 26.1 Å². The van der Waals surface area contributed by atoms with E-state index < -0.39 is 0 Å². The Morgan fingerprint density at radius 1 is 1.33 bits per heavy atom. The van der Waals surface area contributed by atoms with E-state index in [0.717, 1.165) is 35.8 Å². The highest BCUT2D eigenvalue weighted by molar-refractivity contribution is 7.13. The quantitative estimate of drug-likeness (QED) is 0.816. The highest BCUT2D eigenvalue weighted by atomic mass is 32.1. The number of hydrogen-bond donors (Lipinski definition) is 0. The van der Waals surface area contributed by atoms with Crippen LogP contribution < -0.4 is 4.90 Å². The number of aldehydes is 1. The van der Waals surface area contributed by atoms with E-state index in [1.807, 2.05) is 25.3 Å². The molecule has 3 rings (SSSR count). The van der Waals surface area contributed by atoms with Crippen molar-refractivity contribution in [3.05, 3.63) is 29.4 Å². The molecule has 5 nitrogen and oxygen atoms in total. The van der Waals surface area contributed by atoms with Gasteiger partial charge in [0.1, 0.15) is 5.01 Å². The maximum absolute atomic E-state index is 11.5. The summed E-state index contributed by atoms with van der Waals surface area (Å²) in [6, 6.07) is 1.81. The Bertz CT molecular complexity index is 620. The van der Waals surface area contributed by atoms with Crippen molar-refractivity contribution in [3.63, 3.8) is 0 Å². The number of morpholine rings is 1.